The van der Waals surface area contributed by atoms with Crippen molar-refractivity contribution < 1.29 is 4.39 Å². The Hall–Kier alpha value is -1.09. The third kappa shape index (κ3) is 3.32. The largest absolute Gasteiger partial charge is 0.366 e. The van der Waals surface area contributed by atoms with E-state index in [4.69, 9.17) is 0 Å². The molecule has 3 rings (SSSR count). The number of benzene rings is 1. The van der Waals surface area contributed by atoms with Gasteiger partial charge in [-0.05, 0) is 56.2 Å². The summed E-state index contributed by atoms with van der Waals surface area (Å²) < 4.78 is 14.4. The maximum atomic E-state index is 14.4. The van der Waals surface area contributed by atoms with E-state index >= 15 is 0 Å². The average Bonchev–Trinajstić information content (AvgIpc) is 3.30. The molecule has 0 saturated heterocycles. The molecule has 2 aliphatic rings. The van der Waals surface area contributed by atoms with Crippen molar-refractivity contribution in [2.45, 2.75) is 51.6 Å². The summed E-state index contributed by atoms with van der Waals surface area (Å²) in [5, 5.41) is 3.41. The Labute approximate surface area is 121 Å². The zero-order valence-corrected chi connectivity index (χ0v) is 12.4. The van der Waals surface area contributed by atoms with Crippen LogP contribution in [0.15, 0.2) is 18.2 Å². The lowest BCUT2D eigenvalue weighted by Gasteiger charge is -2.28. The lowest BCUT2D eigenvalue weighted by atomic mass is 10.1. The molecule has 0 bridgehead atoms. The molecule has 0 aliphatic heterocycles. The van der Waals surface area contributed by atoms with E-state index in [-0.39, 0.29) is 5.82 Å². The smallest absolute Gasteiger partial charge is 0.146 e. The fraction of sp³-hybridized carbons (Fsp3) is 0.647. The van der Waals surface area contributed by atoms with E-state index in [1.54, 1.807) is 6.07 Å². The van der Waals surface area contributed by atoms with E-state index in [0.717, 1.165) is 43.2 Å². The SMILES string of the molecule is CCCNCc1cccc(F)c1N(CC1CC1)C1CC1. The van der Waals surface area contributed by atoms with Gasteiger partial charge < -0.3 is 10.2 Å². The molecule has 3 heteroatoms. The minimum atomic E-state index is -0.0478. The molecule has 0 atom stereocenters. The van der Waals surface area contributed by atoms with Gasteiger partial charge in [0.2, 0.25) is 0 Å². The third-order valence-corrected chi connectivity index (χ3v) is 4.24. The highest BCUT2D eigenvalue weighted by molar-refractivity contribution is 5.56. The van der Waals surface area contributed by atoms with Gasteiger partial charge in [0, 0.05) is 19.1 Å². The van der Waals surface area contributed by atoms with E-state index in [9.17, 15) is 4.39 Å². The predicted octanol–water partition coefficient (Wildman–Crippen LogP) is 3.70. The summed E-state index contributed by atoms with van der Waals surface area (Å²) in [4.78, 5) is 2.36. The summed E-state index contributed by atoms with van der Waals surface area (Å²) in [6, 6.07) is 6.10. The number of para-hydroxylation sites is 1. The highest BCUT2D eigenvalue weighted by Gasteiger charge is 2.35. The zero-order chi connectivity index (χ0) is 13.9. The molecule has 0 unspecified atom stereocenters. The summed E-state index contributed by atoms with van der Waals surface area (Å²) in [7, 11) is 0. The monoisotopic (exact) mass is 276 g/mol. The normalized spacial score (nSPS) is 18.3. The molecule has 0 spiro atoms. The number of nitrogens with zero attached hydrogens (tertiary/aromatic N) is 1. The summed E-state index contributed by atoms with van der Waals surface area (Å²) in [6.07, 6.45) is 6.20. The topological polar surface area (TPSA) is 15.3 Å². The molecule has 110 valence electrons. The molecule has 1 N–H and O–H groups in total. The van der Waals surface area contributed by atoms with Crippen LogP contribution in [0.4, 0.5) is 10.1 Å². The fourth-order valence-electron chi connectivity index (χ4n) is 2.81. The van der Waals surface area contributed by atoms with Crippen molar-refractivity contribution in [2.24, 2.45) is 5.92 Å². The average molecular weight is 276 g/mol. The standard InChI is InChI=1S/C17H25FN2/c1-2-10-19-11-14-4-3-5-16(18)17(14)20(15-8-9-15)12-13-6-7-13/h3-5,13,15,19H,2,6-12H2,1H3. The molecule has 2 fully saturated rings. The van der Waals surface area contributed by atoms with Crippen LogP contribution in [0, 0.1) is 11.7 Å². The second-order valence-electron chi connectivity index (χ2n) is 6.25. The highest BCUT2D eigenvalue weighted by atomic mass is 19.1. The Bertz CT molecular complexity index is 452. The van der Waals surface area contributed by atoms with Gasteiger partial charge in [-0.1, -0.05) is 19.1 Å². The molecule has 0 heterocycles. The number of hydrogen-bond acceptors (Lipinski definition) is 2. The van der Waals surface area contributed by atoms with Crippen molar-refractivity contribution in [1.82, 2.24) is 5.32 Å². The van der Waals surface area contributed by atoms with E-state index in [0.29, 0.717) is 6.04 Å². The van der Waals surface area contributed by atoms with Gasteiger partial charge in [-0.25, -0.2) is 4.39 Å². The number of nitrogens with one attached hydrogen (secondary N) is 1. The van der Waals surface area contributed by atoms with Crippen molar-refractivity contribution in [1.29, 1.82) is 0 Å². The number of rotatable bonds is 8. The van der Waals surface area contributed by atoms with E-state index in [1.165, 1.54) is 25.7 Å². The zero-order valence-electron chi connectivity index (χ0n) is 12.4. The molecule has 2 aliphatic carbocycles. The Kier molecular flexibility index (Phi) is 4.25. The molecule has 1 aromatic rings. The van der Waals surface area contributed by atoms with Crippen molar-refractivity contribution in [3.05, 3.63) is 29.6 Å². The molecular formula is C17H25FN2. The van der Waals surface area contributed by atoms with E-state index in [1.807, 2.05) is 6.07 Å². The van der Waals surface area contributed by atoms with Crippen LogP contribution in [0.2, 0.25) is 0 Å². The van der Waals surface area contributed by atoms with Gasteiger partial charge in [-0.2, -0.15) is 0 Å². The Morgan fingerprint density at radius 1 is 1.25 bits per heavy atom. The van der Waals surface area contributed by atoms with Crippen molar-refractivity contribution >= 4 is 5.69 Å². The second-order valence-corrected chi connectivity index (χ2v) is 6.25. The molecule has 0 aromatic heterocycles. The first-order chi connectivity index (χ1) is 9.79. The fourth-order valence-corrected chi connectivity index (χ4v) is 2.81. The molecule has 2 saturated carbocycles. The maximum Gasteiger partial charge on any atom is 0.146 e. The second kappa shape index (κ2) is 6.13. The van der Waals surface area contributed by atoms with Crippen LogP contribution in [0.3, 0.4) is 0 Å². The highest BCUT2D eigenvalue weighted by Crippen LogP contribution is 2.39. The van der Waals surface area contributed by atoms with Crippen LogP contribution in [-0.2, 0) is 6.54 Å². The Balaban J connectivity index is 1.80. The van der Waals surface area contributed by atoms with Crippen LogP contribution >= 0.6 is 0 Å². The van der Waals surface area contributed by atoms with Crippen LogP contribution in [0.25, 0.3) is 0 Å². The minimum Gasteiger partial charge on any atom is -0.366 e. The van der Waals surface area contributed by atoms with Crippen molar-refractivity contribution in [2.75, 3.05) is 18.0 Å². The first kappa shape index (κ1) is 13.9. The van der Waals surface area contributed by atoms with Crippen LogP contribution < -0.4 is 10.2 Å². The van der Waals surface area contributed by atoms with Crippen LogP contribution in [0.5, 0.6) is 0 Å². The molecule has 1 aromatic carbocycles. The number of anilines is 1. The van der Waals surface area contributed by atoms with Gasteiger partial charge in [0.15, 0.2) is 0 Å². The van der Waals surface area contributed by atoms with Crippen LogP contribution in [-0.4, -0.2) is 19.1 Å². The van der Waals surface area contributed by atoms with Crippen molar-refractivity contribution in [3.63, 3.8) is 0 Å². The van der Waals surface area contributed by atoms with Gasteiger partial charge in [0.05, 0.1) is 5.69 Å². The first-order valence-corrected chi connectivity index (χ1v) is 8.04. The quantitative estimate of drug-likeness (QED) is 0.728. The van der Waals surface area contributed by atoms with Gasteiger partial charge in [-0.15, -0.1) is 0 Å². The first-order valence-electron chi connectivity index (χ1n) is 8.04. The van der Waals surface area contributed by atoms with Crippen molar-refractivity contribution in [3.8, 4) is 0 Å². The lowest BCUT2D eigenvalue weighted by Crippen LogP contribution is -2.30. The van der Waals surface area contributed by atoms with Gasteiger partial charge in [-0.3, -0.25) is 0 Å². The molecular weight excluding hydrogens is 251 g/mol. The molecule has 2 nitrogen and oxygen atoms in total. The number of halogens is 1. The summed E-state index contributed by atoms with van der Waals surface area (Å²) in [6.45, 7) is 4.96. The maximum absolute atomic E-state index is 14.4. The lowest BCUT2D eigenvalue weighted by molar-refractivity contribution is 0.599. The summed E-state index contributed by atoms with van der Waals surface area (Å²) in [5.41, 5.74) is 1.98. The van der Waals surface area contributed by atoms with Gasteiger partial charge >= 0.3 is 0 Å². The Morgan fingerprint density at radius 2 is 2.05 bits per heavy atom. The number of hydrogen-bond donors (Lipinski definition) is 1. The summed E-state index contributed by atoms with van der Waals surface area (Å²) in [5.74, 6) is 0.750. The van der Waals surface area contributed by atoms with Gasteiger partial charge in [0.25, 0.3) is 0 Å². The summed E-state index contributed by atoms with van der Waals surface area (Å²) >= 11 is 0. The van der Waals surface area contributed by atoms with E-state index < -0.39 is 0 Å². The van der Waals surface area contributed by atoms with E-state index in [2.05, 4.69) is 23.2 Å². The predicted molar refractivity (Wildman–Crippen MR) is 81.5 cm³/mol. The van der Waals surface area contributed by atoms with Gasteiger partial charge in [0.1, 0.15) is 5.82 Å². The third-order valence-electron chi connectivity index (χ3n) is 4.24. The molecule has 0 radical (unpaired) electrons. The minimum absolute atomic E-state index is 0.0478. The molecule has 0 amide bonds. The van der Waals surface area contributed by atoms with Crippen LogP contribution in [0.1, 0.15) is 44.6 Å². The Morgan fingerprint density at radius 3 is 2.70 bits per heavy atom. The molecule has 20 heavy (non-hydrogen) atoms.